The minimum atomic E-state index is -0.737. The Bertz CT molecular complexity index is 1730. The third-order valence-corrected chi connectivity index (χ3v) is 8.06. The number of hydrogen-bond acceptors (Lipinski definition) is 1. The van der Waals surface area contributed by atoms with Gasteiger partial charge in [0.1, 0.15) is 5.75 Å². The van der Waals surface area contributed by atoms with E-state index in [4.69, 9.17) is 11.3 Å². The zero-order valence-corrected chi connectivity index (χ0v) is 20.8. The fourth-order valence-corrected chi connectivity index (χ4v) is 6.34. The Morgan fingerprint density at radius 3 is 2.00 bits per heavy atom. The lowest BCUT2D eigenvalue weighted by Gasteiger charge is -2.38. The van der Waals surface area contributed by atoms with Crippen molar-refractivity contribution in [2.75, 3.05) is 0 Å². The van der Waals surface area contributed by atoms with Crippen molar-refractivity contribution in [2.24, 2.45) is 0 Å². The van der Waals surface area contributed by atoms with Crippen LogP contribution in [-0.2, 0) is 11.0 Å². The summed E-state index contributed by atoms with van der Waals surface area (Å²) in [4.78, 5) is 3.72. The predicted octanol–water partition coefficient (Wildman–Crippen LogP) is 9.05. The summed E-state index contributed by atoms with van der Waals surface area (Å²) >= 11 is 0. The van der Waals surface area contributed by atoms with Crippen LogP contribution in [0.4, 0.5) is 5.69 Å². The van der Waals surface area contributed by atoms with Gasteiger partial charge in [-0.05, 0) is 33.7 Å². The van der Waals surface area contributed by atoms with Crippen LogP contribution in [0.5, 0.6) is 5.75 Å². The quantitative estimate of drug-likeness (QED) is 0.232. The van der Waals surface area contributed by atoms with Crippen LogP contribution in [0.1, 0.15) is 41.7 Å². The number of hydrogen-bond donors (Lipinski definition) is 0. The number of benzene rings is 5. The molecule has 0 spiro atoms. The van der Waals surface area contributed by atoms with Crippen LogP contribution in [-0.4, -0.2) is 0 Å². The molecule has 0 saturated carbocycles. The zero-order chi connectivity index (χ0) is 25.2. The van der Waals surface area contributed by atoms with Gasteiger partial charge in [0, 0.05) is 27.5 Å². The molecule has 2 heteroatoms. The average molecular weight is 476 g/mol. The van der Waals surface area contributed by atoms with Gasteiger partial charge in [-0.25, -0.2) is 4.85 Å². The van der Waals surface area contributed by atoms with Gasteiger partial charge in [0.15, 0.2) is 11.3 Å². The number of rotatable bonds is 2. The Balaban J connectivity index is 1.57. The van der Waals surface area contributed by atoms with Crippen LogP contribution in [0, 0.1) is 6.57 Å². The second-order valence-electron chi connectivity index (χ2n) is 10.4. The highest BCUT2D eigenvalue weighted by Gasteiger charge is 2.44. The molecule has 1 aliphatic carbocycles. The summed E-state index contributed by atoms with van der Waals surface area (Å²) in [6.45, 7) is 12.1. The average Bonchev–Trinajstić information content (AvgIpc) is 3.20. The molecule has 0 amide bonds. The fraction of sp³-hybridized carbons (Fsp3) is 0.114. The molecule has 0 unspecified atom stereocenters. The molecule has 0 bridgehead atoms. The van der Waals surface area contributed by atoms with Crippen molar-refractivity contribution in [1.82, 2.24) is 0 Å². The molecule has 1 heterocycles. The molecular formula is C35H25NO. The molecule has 7 rings (SSSR count). The summed E-state index contributed by atoms with van der Waals surface area (Å²) in [6, 6.07) is 35.6. The molecule has 0 fully saturated rings. The molecule has 5 aromatic rings. The third-order valence-electron chi connectivity index (χ3n) is 8.06. The van der Waals surface area contributed by atoms with Crippen molar-refractivity contribution in [3.63, 3.8) is 0 Å². The van der Waals surface area contributed by atoms with Crippen LogP contribution in [0.15, 0.2) is 109 Å². The van der Waals surface area contributed by atoms with Gasteiger partial charge in [0.2, 0.25) is 0 Å². The highest BCUT2D eigenvalue weighted by atomic mass is 16.5. The van der Waals surface area contributed by atoms with Crippen molar-refractivity contribution in [1.29, 1.82) is 0 Å². The number of fused-ring (bicyclic) bond motifs is 8. The van der Waals surface area contributed by atoms with Crippen LogP contribution in [0.3, 0.4) is 0 Å². The summed E-state index contributed by atoms with van der Waals surface area (Å²) in [5.74, 6) is 0.913. The normalized spacial score (nSPS) is 15.8. The van der Waals surface area contributed by atoms with E-state index in [1.165, 1.54) is 27.6 Å². The maximum absolute atomic E-state index is 7.58. The molecule has 1 aliphatic heterocycles. The third kappa shape index (κ3) is 2.92. The van der Waals surface area contributed by atoms with Crippen molar-refractivity contribution in [3.8, 4) is 16.9 Å². The highest BCUT2D eigenvalue weighted by Crippen LogP contribution is 2.58. The van der Waals surface area contributed by atoms with E-state index < -0.39 is 5.60 Å². The maximum Gasteiger partial charge on any atom is 0.187 e. The van der Waals surface area contributed by atoms with E-state index in [-0.39, 0.29) is 5.41 Å². The minimum Gasteiger partial charge on any atom is -0.472 e. The lowest BCUT2D eigenvalue weighted by Crippen LogP contribution is -2.35. The summed E-state index contributed by atoms with van der Waals surface area (Å²) in [7, 11) is 0. The molecule has 37 heavy (non-hydrogen) atoms. The van der Waals surface area contributed by atoms with Crippen LogP contribution < -0.4 is 4.74 Å². The molecule has 0 N–H and O–H groups in total. The molecule has 0 aromatic heterocycles. The number of ether oxygens (including phenoxy) is 1. The van der Waals surface area contributed by atoms with E-state index >= 15 is 0 Å². The van der Waals surface area contributed by atoms with Gasteiger partial charge in [-0.2, -0.15) is 0 Å². The molecule has 0 atom stereocenters. The highest BCUT2D eigenvalue weighted by molar-refractivity contribution is 6.08. The summed E-state index contributed by atoms with van der Waals surface area (Å²) in [5.41, 5.74) is 7.92. The van der Waals surface area contributed by atoms with Crippen LogP contribution >= 0.6 is 0 Å². The minimum absolute atomic E-state index is 0.271. The van der Waals surface area contributed by atoms with E-state index in [2.05, 4.69) is 116 Å². The topological polar surface area (TPSA) is 13.6 Å². The first-order valence-electron chi connectivity index (χ1n) is 12.7. The van der Waals surface area contributed by atoms with E-state index in [0.29, 0.717) is 5.69 Å². The van der Waals surface area contributed by atoms with Gasteiger partial charge in [-0.15, -0.1) is 0 Å². The van der Waals surface area contributed by atoms with Crippen molar-refractivity contribution >= 4 is 22.5 Å². The monoisotopic (exact) mass is 475 g/mol. The number of nitrogens with zero attached hydrogens (tertiary/aromatic N) is 1. The molecular weight excluding hydrogens is 450 g/mol. The molecule has 5 aromatic carbocycles. The lowest BCUT2D eigenvalue weighted by molar-refractivity contribution is 0.163. The second-order valence-corrected chi connectivity index (χ2v) is 10.4. The van der Waals surface area contributed by atoms with Gasteiger partial charge < -0.3 is 4.74 Å². The van der Waals surface area contributed by atoms with E-state index in [1.807, 2.05) is 18.2 Å². The largest absolute Gasteiger partial charge is 0.472 e. The van der Waals surface area contributed by atoms with Crippen molar-refractivity contribution < 1.29 is 4.74 Å². The van der Waals surface area contributed by atoms with Crippen LogP contribution in [0.25, 0.3) is 32.8 Å². The van der Waals surface area contributed by atoms with Gasteiger partial charge in [-0.1, -0.05) is 123 Å². The maximum atomic E-state index is 7.58. The lowest BCUT2D eigenvalue weighted by atomic mass is 9.77. The summed E-state index contributed by atoms with van der Waals surface area (Å²) < 4.78 is 7.23. The molecule has 0 saturated heterocycles. The van der Waals surface area contributed by atoms with E-state index in [1.54, 1.807) is 0 Å². The molecule has 2 nitrogen and oxygen atoms in total. The van der Waals surface area contributed by atoms with Gasteiger partial charge >= 0.3 is 0 Å². The van der Waals surface area contributed by atoms with Gasteiger partial charge in [0.25, 0.3) is 0 Å². The fourth-order valence-electron chi connectivity index (χ4n) is 6.34. The van der Waals surface area contributed by atoms with Crippen molar-refractivity contribution in [3.05, 3.63) is 148 Å². The first-order valence-corrected chi connectivity index (χ1v) is 12.7. The SMILES string of the molecule is [C-]#[N+]c1ccc2c(c1)C(C)(C)c1c3c(c4ccccc4c1-2)OC(c1ccccc1)(c1ccccc1)C=C3. The predicted molar refractivity (Wildman–Crippen MR) is 151 cm³/mol. The smallest absolute Gasteiger partial charge is 0.187 e. The Hall–Kier alpha value is -4.61. The van der Waals surface area contributed by atoms with E-state index in [0.717, 1.165) is 27.8 Å². The van der Waals surface area contributed by atoms with Gasteiger partial charge in [0.05, 0.1) is 6.57 Å². The Morgan fingerprint density at radius 2 is 1.35 bits per heavy atom. The zero-order valence-electron chi connectivity index (χ0n) is 20.8. The first-order chi connectivity index (χ1) is 18.0. The van der Waals surface area contributed by atoms with Crippen molar-refractivity contribution in [2.45, 2.75) is 24.9 Å². The van der Waals surface area contributed by atoms with E-state index in [9.17, 15) is 0 Å². The molecule has 2 aliphatic rings. The standard InChI is InChI=1S/C35H25NO/c1-34(2)30-22-25(36-3)18-19-28(30)31-26-16-10-11-17-27(26)33-29(32(31)34)20-21-35(37-33,23-12-6-4-7-13-23)24-14-8-5-9-15-24/h4-22H,1-2H3. The Morgan fingerprint density at radius 1 is 0.730 bits per heavy atom. The Kier molecular flexibility index (Phi) is 4.50. The Labute approximate surface area is 217 Å². The summed E-state index contributed by atoms with van der Waals surface area (Å²) in [5, 5.41) is 2.29. The van der Waals surface area contributed by atoms with Gasteiger partial charge in [-0.3, -0.25) is 0 Å². The van der Waals surface area contributed by atoms with Crippen LogP contribution in [0.2, 0.25) is 0 Å². The summed E-state index contributed by atoms with van der Waals surface area (Å²) in [6.07, 6.45) is 4.49. The second kappa shape index (κ2) is 7.69. The first kappa shape index (κ1) is 21.7. The molecule has 176 valence electrons. The molecule has 0 radical (unpaired) electrons.